The highest BCUT2D eigenvalue weighted by atomic mass is 16.5. The Morgan fingerprint density at radius 3 is 2.85 bits per heavy atom. The Bertz CT molecular complexity index is 184. The molecule has 1 aliphatic rings. The minimum Gasteiger partial charge on any atom is -0.453 e. The third-order valence-corrected chi connectivity index (χ3v) is 2.72. The SMILES string of the molecule is COC(=O)N1CC(CN)CCC1C. The van der Waals surface area contributed by atoms with Crippen LogP contribution in [0.2, 0.25) is 0 Å². The molecule has 1 heterocycles. The average molecular weight is 186 g/mol. The van der Waals surface area contributed by atoms with Crippen LogP contribution in [0, 0.1) is 5.92 Å². The molecule has 4 nitrogen and oxygen atoms in total. The minimum absolute atomic E-state index is 0.231. The monoisotopic (exact) mass is 186 g/mol. The van der Waals surface area contributed by atoms with Crippen LogP contribution in [0.1, 0.15) is 19.8 Å². The van der Waals surface area contributed by atoms with Gasteiger partial charge >= 0.3 is 6.09 Å². The van der Waals surface area contributed by atoms with Crippen LogP contribution in [0.5, 0.6) is 0 Å². The quantitative estimate of drug-likeness (QED) is 0.659. The number of methoxy groups -OCH3 is 1. The Labute approximate surface area is 79.0 Å². The van der Waals surface area contributed by atoms with Crippen molar-refractivity contribution in [2.45, 2.75) is 25.8 Å². The first-order valence-corrected chi connectivity index (χ1v) is 4.73. The Kier molecular flexibility index (Phi) is 3.54. The lowest BCUT2D eigenvalue weighted by Crippen LogP contribution is -2.47. The van der Waals surface area contributed by atoms with Crippen molar-refractivity contribution in [3.63, 3.8) is 0 Å². The number of carbonyl (C=O) groups excluding carboxylic acids is 1. The lowest BCUT2D eigenvalue weighted by molar-refractivity contribution is 0.0794. The summed E-state index contributed by atoms with van der Waals surface area (Å²) in [6, 6.07) is 0.287. The summed E-state index contributed by atoms with van der Waals surface area (Å²) >= 11 is 0. The standard InChI is InChI=1S/C9H18N2O2/c1-7-3-4-8(5-10)6-11(7)9(12)13-2/h7-8H,3-6,10H2,1-2H3. The fraction of sp³-hybridized carbons (Fsp3) is 0.889. The Hall–Kier alpha value is -0.770. The Balaban J connectivity index is 2.54. The molecule has 1 aliphatic heterocycles. The van der Waals surface area contributed by atoms with Gasteiger partial charge in [-0.3, -0.25) is 0 Å². The van der Waals surface area contributed by atoms with Gasteiger partial charge in [-0.2, -0.15) is 0 Å². The zero-order chi connectivity index (χ0) is 9.84. The number of hydrogen-bond acceptors (Lipinski definition) is 3. The Morgan fingerprint density at radius 2 is 2.31 bits per heavy atom. The molecular formula is C9H18N2O2. The van der Waals surface area contributed by atoms with Crippen molar-refractivity contribution < 1.29 is 9.53 Å². The smallest absolute Gasteiger partial charge is 0.409 e. The number of nitrogens with two attached hydrogens (primary N) is 1. The van der Waals surface area contributed by atoms with E-state index in [0.29, 0.717) is 12.5 Å². The number of carbonyl (C=O) groups is 1. The normalized spacial score (nSPS) is 28.7. The number of nitrogens with zero attached hydrogens (tertiary/aromatic N) is 1. The summed E-state index contributed by atoms with van der Waals surface area (Å²) in [5, 5.41) is 0. The molecule has 2 N–H and O–H groups in total. The molecule has 1 rings (SSSR count). The van der Waals surface area contributed by atoms with E-state index in [2.05, 4.69) is 0 Å². The molecule has 1 saturated heterocycles. The van der Waals surface area contributed by atoms with Crippen LogP contribution in [0.3, 0.4) is 0 Å². The van der Waals surface area contributed by atoms with E-state index >= 15 is 0 Å². The van der Waals surface area contributed by atoms with Gasteiger partial charge in [-0.05, 0) is 32.2 Å². The van der Waals surface area contributed by atoms with E-state index in [1.54, 1.807) is 4.90 Å². The molecule has 1 amide bonds. The van der Waals surface area contributed by atoms with Gasteiger partial charge in [0.25, 0.3) is 0 Å². The van der Waals surface area contributed by atoms with Crippen molar-refractivity contribution in [3.05, 3.63) is 0 Å². The van der Waals surface area contributed by atoms with Gasteiger partial charge in [0.05, 0.1) is 7.11 Å². The highest BCUT2D eigenvalue weighted by molar-refractivity contribution is 5.67. The fourth-order valence-electron chi connectivity index (χ4n) is 1.75. The third kappa shape index (κ3) is 2.34. The number of rotatable bonds is 1. The lowest BCUT2D eigenvalue weighted by Gasteiger charge is -2.36. The van der Waals surface area contributed by atoms with E-state index in [4.69, 9.17) is 10.5 Å². The van der Waals surface area contributed by atoms with Gasteiger partial charge in [0.2, 0.25) is 0 Å². The molecule has 0 aliphatic carbocycles. The summed E-state index contributed by atoms with van der Waals surface area (Å²) in [6.07, 6.45) is 1.91. The van der Waals surface area contributed by atoms with Crippen LogP contribution in [-0.2, 0) is 4.74 Å². The summed E-state index contributed by atoms with van der Waals surface area (Å²) < 4.78 is 4.70. The maximum atomic E-state index is 11.3. The van der Waals surface area contributed by atoms with Crippen LogP contribution in [0.25, 0.3) is 0 Å². The summed E-state index contributed by atoms with van der Waals surface area (Å²) in [7, 11) is 1.42. The van der Waals surface area contributed by atoms with Crippen LogP contribution in [0.15, 0.2) is 0 Å². The molecule has 0 aromatic rings. The number of ether oxygens (including phenoxy) is 1. The zero-order valence-electron chi connectivity index (χ0n) is 8.32. The number of piperidine rings is 1. The van der Waals surface area contributed by atoms with Crippen LogP contribution < -0.4 is 5.73 Å². The molecule has 4 heteroatoms. The first kappa shape index (κ1) is 10.3. The summed E-state index contributed by atoms with van der Waals surface area (Å²) in [5.41, 5.74) is 5.57. The predicted octanol–water partition coefficient (Wildman–Crippen LogP) is 0.812. The maximum absolute atomic E-state index is 11.3. The molecule has 0 radical (unpaired) electrons. The van der Waals surface area contributed by atoms with Crippen LogP contribution >= 0.6 is 0 Å². The van der Waals surface area contributed by atoms with Crippen molar-refractivity contribution in [3.8, 4) is 0 Å². The zero-order valence-corrected chi connectivity index (χ0v) is 8.32. The van der Waals surface area contributed by atoms with E-state index in [0.717, 1.165) is 19.4 Å². The molecule has 0 saturated carbocycles. The van der Waals surface area contributed by atoms with Crippen LogP contribution in [0.4, 0.5) is 4.79 Å². The molecule has 13 heavy (non-hydrogen) atoms. The van der Waals surface area contributed by atoms with Crippen molar-refractivity contribution in [1.82, 2.24) is 4.90 Å². The first-order chi connectivity index (χ1) is 6.19. The van der Waals surface area contributed by atoms with Gasteiger partial charge in [0.15, 0.2) is 0 Å². The average Bonchev–Trinajstić information content (AvgIpc) is 2.17. The minimum atomic E-state index is -0.231. The first-order valence-electron chi connectivity index (χ1n) is 4.73. The fourth-order valence-corrected chi connectivity index (χ4v) is 1.75. The van der Waals surface area contributed by atoms with E-state index in [9.17, 15) is 4.79 Å². The number of hydrogen-bond donors (Lipinski definition) is 1. The maximum Gasteiger partial charge on any atom is 0.409 e. The molecule has 0 bridgehead atoms. The molecule has 2 atom stereocenters. The molecule has 2 unspecified atom stereocenters. The van der Waals surface area contributed by atoms with Crippen LogP contribution in [-0.4, -0.2) is 37.2 Å². The van der Waals surface area contributed by atoms with Gasteiger partial charge in [-0.1, -0.05) is 0 Å². The summed E-state index contributed by atoms with van der Waals surface area (Å²) in [4.78, 5) is 13.1. The van der Waals surface area contributed by atoms with Gasteiger partial charge < -0.3 is 15.4 Å². The molecule has 1 fully saturated rings. The molecule has 0 aromatic carbocycles. The van der Waals surface area contributed by atoms with Gasteiger partial charge in [0.1, 0.15) is 0 Å². The number of amides is 1. The van der Waals surface area contributed by atoms with Gasteiger partial charge in [0, 0.05) is 12.6 Å². The van der Waals surface area contributed by atoms with E-state index in [-0.39, 0.29) is 12.1 Å². The summed E-state index contributed by atoms with van der Waals surface area (Å²) in [5.74, 6) is 0.440. The largest absolute Gasteiger partial charge is 0.453 e. The van der Waals surface area contributed by atoms with Crippen molar-refractivity contribution in [1.29, 1.82) is 0 Å². The van der Waals surface area contributed by atoms with E-state index in [1.807, 2.05) is 6.92 Å². The molecular weight excluding hydrogens is 168 g/mol. The second kappa shape index (κ2) is 4.46. The van der Waals surface area contributed by atoms with Gasteiger partial charge in [-0.15, -0.1) is 0 Å². The Morgan fingerprint density at radius 1 is 1.62 bits per heavy atom. The predicted molar refractivity (Wildman–Crippen MR) is 50.4 cm³/mol. The highest BCUT2D eigenvalue weighted by Crippen LogP contribution is 2.21. The second-order valence-corrected chi connectivity index (χ2v) is 3.65. The van der Waals surface area contributed by atoms with E-state index in [1.165, 1.54) is 7.11 Å². The number of likely N-dealkylation sites (tertiary alicyclic amines) is 1. The lowest BCUT2D eigenvalue weighted by atomic mass is 9.94. The van der Waals surface area contributed by atoms with Gasteiger partial charge in [-0.25, -0.2) is 4.79 Å². The van der Waals surface area contributed by atoms with Crippen molar-refractivity contribution in [2.24, 2.45) is 11.7 Å². The molecule has 0 spiro atoms. The second-order valence-electron chi connectivity index (χ2n) is 3.65. The van der Waals surface area contributed by atoms with E-state index < -0.39 is 0 Å². The third-order valence-electron chi connectivity index (χ3n) is 2.72. The molecule has 0 aromatic heterocycles. The topological polar surface area (TPSA) is 55.6 Å². The summed E-state index contributed by atoms with van der Waals surface area (Å²) in [6.45, 7) is 3.44. The molecule has 76 valence electrons. The highest BCUT2D eigenvalue weighted by Gasteiger charge is 2.28. The van der Waals surface area contributed by atoms with Crippen molar-refractivity contribution >= 4 is 6.09 Å². The van der Waals surface area contributed by atoms with Crippen molar-refractivity contribution in [2.75, 3.05) is 20.2 Å².